The fourth-order valence-electron chi connectivity index (χ4n) is 5.82. The molecule has 4 atom stereocenters. The van der Waals surface area contributed by atoms with Crippen molar-refractivity contribution in [3.8, 4) is 23.0 Å². The van der Waals surface area contributed by atoms with Crippen LogP contribution in [0.3, 0.4) is 0 Å². The average molecular weight is 579 g/mol. The predicted molar refractivity (Wildman–Crippen MR) is 167 cm³/mol. The van der Waals surface area contributed by atoms with Gasteiger partial charge in [0.1, 0.15) is 0 Å². The monoisotopic (exact) mass is 578 g/mol. The maximum Gasteiger partial charge on any atom is 0.202 e. The van der Waals surface area contributed by atoms with E-state index in [-0.39, 0.29) is 11.6 Å². The molecule has 222 valence electrons. The quantitative estimate of drug-likeness (QED) is 0.158. The summed E-state index contributed by atoms with van der Waals surface area (Å²) in [7, 11) is 3.24. The van der Waals surface area contributed by atoms with Crippen molar-refractivity contribution in [3.05, 3.63) is 119 Å². The van der Waals surface area contributed by atoms with Crippen LogP contribution in [0.25, 0.3) is 0 Å². The Balaban J connectivity index is 1.24. The van der Waals surface area contributed by atoms with E-state index in [2.05, 4.69) is 12.1 Å². The van der Waals surface area contributed by atoms with Gasteiger partial charge in [-0.25, -0.2) is 0 Å². The summed E-state index contributed by atoms with van der Waals surface area (Å²) < 4.78 is 23.4. The fraction of sp³-hybridized carbons (Fsp3) is 0.297. The number of methoxy groups -OCH3 is 2. The van der Waals surface area contributed by atoms with Crippen LogP contribution in [0.2, 0.25) is 0 Å². The average Bonchev–Trinajstić information content (AvgIpc) is 3.55. The Bertz CT molecular complexity index is 1430. The summed E-state index contributed by atoms with van der Waals surface area (Å²) in [6.07, 6.45) is 1.79. The van der Waals surface area contributed by atoms with E-state index in [1.54, 1.807) is 52.3 Å². The first kappa shape index (κ1) is 29.9. The van der Waals surface area contributed by atoms with Gasteiger partial charge in [-0.3, -0.25) is 9.59 Å². The molecular formula is C37H38O6. The zero-order valence-electron chi connectivity index (χ0n) is 25.1. The first-order valence-electron chi connectivity index (χ1n) is 14.8. The SMILES string of the molecule is COc1cc(C2CCC(c3ccc(OC(C)C(=O)c4ccccc4)c(OC)c3)C2)ccc1OC(C)C(=O)c1ccccc1. The highest BCUT2D eigenvalue weighted by Crippen LogP contribution is 2.46. The minimum absolute atomic E-state index is 0.0746. The molecule has 43 heavy (non-hydrogen) atoms. The maximum atomic E-state index is 12.8. The molecule has 0 N–H and O–H groups in total. The Kier molecular flexibility index (Phi) is 9.45. The van der Waals surface area contributed by atoms with Crippen molar-refractivity contribution in [2.75, 3.05) is 14.2 Å². The minimum atomic E-state index is -0.639. The van der Waals surface area contributed by atoms with Crippen LogP contribution in [0.15, 0.2) is 97.1 Å². The second-order valence-corrected chi connectivity index (χ2v) is 11.0. The Morgan fingerprint density at radius 2 is 0.977 bits per heavy atom. The van der Waals surface area contributed by atoms with Crippen LogP contribution in [-0.4, -0.2) is 38.0 Å². The van der Waals surface area contributed by atoms with Crippen LogP contribution in [0.5, 0.6) is 23.0 Å². The molecule has 6 nitrogen and oxygen atoms in total. The molecule has 1 saturated carbocycles. The van der Waals surface area contributed by atoms with Gasteiger partial charge in [-0.1, -0.05) is 72.8 Å². The van der Waals surface area contributed by atoms with Crippen LogP contribution in [-0.2, 0) is 0 Å². The lowest BCUT2D eigenvalue weighted by molar-refractivity contribution is 0.0809. The molecule has 6 heteroatoms. The third-order valence-electron chi connectivity index (χ3n) is 8.21. The van der Waals surface area contributed by atoms with E-state index in [9.17, 15) is 9.59 Å². The number of ether oxygens (including phenoxy) is 4. The first-order valence-corrected chi connectivity index (χ1v) is 14.8. The normalized spacial score (nSPS) is 17.5. The second kappa shape index (κ2) is 13.6. The van der Waals surface area contributed by atoms with Crippen LogP contribution < -0.4 is 18.9 Å². The van der Waals surface area contributed by atoms with Gasteiger partial charge >= 0.3 is 0 Å². The van der Waals surface area contributed by atoms with E-state index < -0.39 is 12.2 Å². The number of Topliss-reactive ketones (excluding diaryl/α,β-unsaturated/α-hetero) is 2. The van der Waals surface area contributed by atoms with Crippen molar-refractivity contribution in [3.63, 3.8) is 0 Å². The molecule has 1 fully saturated rings. The van der Waals surface area contributed by atoms with Crippen molar-refractivity contribution in [2.24, 2.45) is 0 Å². The van der Waals surface area contributed by atoms with Gasteiger partial charge in [0.25, 0.3) is 0 Å². The Morgan fingerprint density at radius 3 is 1.35 bits per heavy atom. The summed E-state index contributed by atoms with van der Waals surface area (Å²) >= 11 is 0. The number of hydrogen-bond acceptors (Lipinski definition) is 6. The lowest BCUT2D eigenvalue weighted by Gasteiger charge is -2.19. The lowest BCUT2D eigenvalue weighted by Crippen LogP contribution is -2.24. The van der Waals surface area contributed by atoms with Crippen LogP contribution in [0, 0.1) is 0 Å². The highest BCUT2D eigenvalue weighted by atomic mass is 16.5. The first-order chi connectivity index (χ1) is 20.9. The predicted octanol–water partition coefficient (Wildman–Crippen LogP) is 8.06. The molecule has 0 spiro atoms. The third kappa shape index (κ3) is 6.91. The Hall–Kier alpha value is -4.58. The summed E-state index contributed by atoms with van der Waals surface area (Å²) in [6.45, 7) is 3.52. The van der Waals surface area contributed by atoms with Crippen molar-refractivity contribution >= 4 is 11.6 Å². The van der Waals surface area contributed by atoms with Gasteiger partial charge in [0.05, 0.1) is 14.2 Å². The molecule has 0 bridgehead atoms. The minimum Gasteiger partial charge on any atom is -0.493 e. The molecule has 1 aliphatic carbocycles. The van der Waals surface area contributed by atoms with E-state index in [0.29, 0.717) is 46.0 Å². The van der Waals surface area contributed by atoms with Gasteiger partial charge in [-0.2, -0.15) is 0 Å². The standard InChI is InChI=1S/C37H38O6/c1-24(36(38)26-11-7-5-8-12-26)42-32-19-17-30(22-34(32)40-3)28-15-16-29(21-28)31-18-20-33(35(23-31)41-4)43-25(2)37(39)27-13-9-6-10-14-27/h5-14,17-20,22-25,28-29H,15-16,21H2,1-4H3. The number of ketones is 2. The van der Waals surface area contributed by atoms with Crippen LogP contribution in [0.1, 0.15) is 76.8 Å². The van der Waals surface area contributed by atoms with Crippen LogP contribution in [0.4, 0.5) is 0 Å². The molecule has 5 rings (SSSR count). The molecule has 4 aromatic rings. The van der Waals surface area contributed by atoms with Crippen molar-refractivity contribution in [1.29, 1.82) is 0 Å². The highest BCUT2D eigenvalue weighted by Gasteiger charge is 2.29. The molecule has 0 aromatic heterocycles. The molecule has 0 aliphatic heterocycles. The number of rotatable bonds is 12. The van der Waals surface area contributed by atoms with E-state index in [4.69, 9.17) is 18.9 Å². The molecule has 0 amide bonds. The van der Waals surface area contributed by atoms with Crippen molar-refractivity contribution in [1.82, 2.24) is 0 Å². The highest BCUT2D eigenvalue weighted by molar-refractivity contribution is 6.00. The number of carbonyl (C=O) groups excluding carboxylic acids is 2. The number of hydrogen-bond donors (Lipinski definition) is 0. The zero-order chi connectivity index (χ0) is 30.3. The third-order valence-corrected chi connectivity index (χ3v) is 8.21. The van der Waals surface area contributed by atoms with Gasteiger partial charge in [-0.05, 0) is 80.3 Å². The van der Waals surface area contributed by atoms with Gasteiger partial charge in [0, 0.05) is 11.1 Å². The molecule has 4 aromatic carbocycles. The molecule has 0 heterocycles. The van der Waals surface area contributed by atoms with E-state index in [1.807, 2.05) is 60.7 Å². The number of benzene rings is 4. The molecule has 1 aliphatic rings. The lowest BCUT2D eigenvalue weighted by atomic mass is 9.92. The topological polar surface area (TPSA) is 71.1 Å². The molecular weight excluding hydrogens is 540 g/mol. The summed E-state index contributed by atoms with van der Waals surface area (Å²) in [5.41, 5.74) is 3.62. The molecule has 0 saturated heterocycles. The zero-order valence-corrected chi connectivity index (χ0v) is 25.1. The summed E-state index contributed by atoms with van der Waals surface area (Å²) in [5, 5.41) is 0. The summed E-state index contributed by atoms with van der Waals surface area (Å²) in [4.78, 5) is 25.6. The van der Waals surface area contributed by atoms with Gasteiger partial charge in [0.15, 0.2) is 35.2 Å². The second-order valence-electron chi connectivity index (χ2n) is 11.0. The smallest absolute Gasteiger partial charge is 0.202 e. The summed E-state index contributed by atoms with van der Waals surface area (Å²) in [5.74, 6) is 2.93. The van der Waals surface area contributed by atoms with E-state index in [0.717, 1.165) is 19.3 Å². The molecule has 4 unspecified atom stereocenters. The van der Waals surface area contributed by atoms with Crippen molar-refractivity contribution < 1.29 is 28.5 Å². The van der Waals surface area contributed by atoms with E-state index >= 15 is 0 Å². The summed E-state index contributed by atoms with van der Waals surface area (Å²) in [6, 6.07) is 30.4. The van der Waals surface area contributed by atoms with Crippen molar-refractivity contribution in [2.45, 2.75) is 57.2 Å². The largest absolute Gasteiger partial charge is 0.493 e. The maximum absolute atomic E-state index is 12.8. The molecule has 0 radical (unpaired) electrons. The fourth-order valence-corrected chi connectivity index (χ4v) is 5.82. The van der Waals surface area contributed by atoms with Gasteiger partial charge in [-0.15, -0.1) is 0 Å². The van der Waals surface area contributed by atoms with Gasteiger partial charge in [0.2, 0.25) is 11.6 Å². The Labute approximate surface area is 253 Å². The van der Waals surface area contributed by atoms with E-state index in [1.165, 1.54) is 11.1 Å². The van der Waals surface area contributed by atoms with Gasteiger partial charge < -0.3 is 18.9 Å². The Morgan fingerprint density at radius 1 is 0.581 bits per heavy atom. The van der Waals surface area contributed by atoms with Crippen LogP contribution >= 0.6 is 0 Å². The number of carbonyl (C=O) groups is 2.